The van der Waals surface area contributed by atoms with Crippen molar-refractivity contribution in [2.45, 2.75) is 37.6 Å². The Morgan fingerprint density at radius 1 is 1.50 bits per heavy atom. The van der Waals surface area contributed by atoms with E-state index in [4.69, 9.17) is 0 Å². The van der Waals surface area contributed by atoms with Gasteiger partial charge >= 0.3 is 0 Å². The Kier molecular flexibility index (Phi) is 3.77. The highest BCUT2D eigenvalue weighted by Gasteiger charge is 2.22. The molecule has 2 atom stereocenters. The number of hydrogen-bond donors (Lipinski definition) is 1. The molecule has 1 aromatic carbocycles. The molecule has 1 aromatic rings. The SMILES string of the molecule is CCNC1CCCS(=O)c2c(C)cccc21. The fourth-order valence-electron chi connectivity index (χ4n) is 2.40. The fraction of sp³-hybridized carbons (Fsp3) is 0.538. The summed E-state index contributed by atoms with van der Waals surface area (Å²) in [5.41, 5.74) is 2.42. The van der Waals surface area contributed by atoms with Crippen LogP contribution >= 0.6 is 0 Å². The summed E-state index contributed by atoms with van der Waals surface area (Å²) >= 11 is 0. The number of aryl methyl sites for hydroxylation is 1. The first kappa shape index (κ1) is 11.8. The van der Waals surface area contributed by atoms with Gasteiger partial charge in [-0.1, -0.05) is 25.1 Å². The van der Waals surface area contributed by atoms with Gasteiger partial charge in [0.1, 0.15) is 0 Å². The highest BCUT2D eigenvalue weighted by Crippen LogP contribution is 2.31. The first-order chi connectivity index (χ1) is 7.74. The van der Waals surface area contributed by atoms with Gasteiger partial charge in [-0.3, -0.25) is 4.21 Å². The average molecular weight is 237 g/mol. The van der Waals surface area contributed by atoms with Crippen molar-refractivity contribution in [3.05, 3.63) is 29.3 Å². The zero-order valence-electron chi connectivity index (χ0n) is 9.95. The van der Waals surface area contributed by atoms with E-state index < -0.39 is 10.8 Å². The van der Waals surface area contributed by atoms with Crippen LogP contribution in [-0.2, 0) is 10.8 Å². The molecule has 0 aromatic heterocycles. The number of rotatable bonds is 2. The minimum Gasteiger partial charge on any atom is -0.310 e. The van der Waals surface area contributed by atoms with Gasteiger partial charge in [-0.25, -0.2) is 0 Å². The largest absolute Gasteiger partial charge is 0.310 e. The Bertz CT molecular complexity index is 403. The zero-order valence-corrected chi connectivity index (χ0v) is 10.8. The van der Waals surface area contributed by atoms with Gasteiger partial charge in [0.25, 0.3) is 0 Å². The average Bonchev–Trinajstić information content (AvgIpc) is 2.41. The van der Waals surface area contributed by atoms with Gasteiger partial charge < -0.3 is 5.32 Å². The van der Waals surface area contributed by atoms with Crippen molar-refractivity contribution in [3.8, 4) is 0 Å². The normalized spacial score (nSPS) is 24.9. The lowest BCUT2D eigenvalue weighted by molar-refractivity contribution is 0.508. The topological polar surface area (TPSA) is 29.1 Å². The maximum atomic E-state index is 12.2. The molecule has 1 aliphatic heterocycles. The van der Waals surface area contributed by atoms with Crippen LogP contribution in [0.2, 0.25) is 0 Å². The van der Waals surface area contributed by atoms with Crippen LogP contribution in [0.3, 0.4) is 0 Å². The Morgan fingerprint density at radius 2 is 2.31 bits per heavy atom. The maximum Gasteiger partial charge on any atom is 0.0535 e. The van der Waals surface area contributed by atoms with E-state index in [1.165, 1.54) is 11.1 Å². The number of benzene rings is 1. The summed E-state index contributed by atoms with van der Waals surface area (Å²) in [7, 11) is -0.808. The molecule has 88 valence electrons. The molecule has 0 spiro atoms. The van der Waals surface area contributed by atoms with E-state index in [1.54, 1.807) is 0 Å². The zero-order chi connectivity index (χ0) is 11.5. The third kappa shape index (κ3) is 2.20. The Hall–Kier alpha value is -0.670. The summed E-state index contributed by atoms with van der Waals surface area (Å²) < 4.78 is 12.2. The molecule has 0 saturated carbocycles. The highest BCUT2D eigenvalue weighted by molar-refractivity contribution is 7.85. The minimum atomic E-state index is -0.808. The number of hydrogen-bond acceptors (Lipinski definition) is 2. The Balaban J connectivity index is 2.47. The second-order valence-electron chi connectivity index (χ2n) is 4.30. The summed E-state index contributed by atoms with van der Waals surface area (Å²) in [4.78, 5) is 1.07. The lowest BCUT2D eigenvalue weighted by Crippen LogP contribution is -2.21. The van der Waals surface area contributed by atoms with E-state index in [0.29, 0.717) is 6.04 Å². The third-order valence-corrected chi connectivity index (χ3v) is 4.79. The molecule has 1 aliphatic rings. The van der Waals surface area contributed by atoms with Gasteiger partial charge in [0.2, 0.25) is 0 Å². The molecule has 1 heterocycles. The van der Waals surface area contributed by atoms with Gasteiger partial charge in [-0.05, 0) is 37.4 Å². The second-order valence-corrected chi connectivity index (χ2v) is 5.80. The van der Waals surface area contributed by atoms with E-state index in [-0.39, 0.29) is 0 Å². The fourth-order valence-corrected chi connectivity index (χ4v) is 3.93. The molecule has 16 heavy (non-hydrogen) atoms. The summed E-state index contributed by atoms with van der Waals surface area (Å²) in [5, 5.41) is 3.49. The molecule has 3 heteroatoms. The van der Waals surface area contributed by atoms with Crippen LogP contribution in [0.1, 0.15) is 36.9 Å². The van der Waals surface area contributed by atoms with E-state index in [2.05, 4.69) is 37.4 Å². The smallest absolute Gasteiger partial charge is 0.0535 e. The number of nitrogens with one attached hydrogen (secondary N) is 1. The van der Waals surface area contributed by atoms with Crippen molar-refractivity contribution >= 4 is 10.8 Å². The van der Waals surface area contributed by atoms with Crippen LogP contribution in [0.15, 0.2) is 23.1 Å². The third-order valence-electron chi connectivity index (χ3n) is 3.12. The molecule has 0 aliphatic carbocycles. The van der Waals surface area contributed by atoms with Crippen molar-refractivity contribution < 1.29 is 4.21 Å². The highest BCUT2D eigenvalue weighted by atomic mass is 32.2. The van der Waals surface area contributed by atoms with Crippen molar-refractivity contribution in [1.29, 1.82) is 0 Å². The lowest BCUT2D eigenvalue weighted by atomic mass is 10.0. The molecule has 0 fully saturated rings. The van der Waals surface area contributed by atoms with Crippen LogP contribution in [0.25, 0.3) is 0 Å². The van der Waals surface area contributed by atoms with Gasteiger partial charge in [-0.2, -0.15) is 0 Å². The molecule has 0 radical (unpaired) electrons. The van der Waals surface area contributed by atoms with Crippen LogP contribution in [0, 0.1) is 6.92 Å². The predicted molar refractivity (Wildman–Crippen MR) is 68.1 cm³/mol. The first-order valence-electron chi connectivity index (χ1n) is 5.95. The van der Waals surface area contributed by atoms with Gasteiger partial charge in [0.05, 0.1) is 10.8 Å². The molecule has 0 amide bonds. The van der Waals surface area contributed by atoms with Crippen molar-refractivity contribution in [1.82, 2.24) is 5.32 Å². The standard InChI is InChI=1S/C13H19NOS/c1-3-14-12-8-5-9-16(15)13-10(2)6-4-7-11(12)13/h4,6-7,12,14H,3,5,8-9H2,1-2H3. The van der Waals surface area contributed by atoms with Gasteiger partial charge in [0.15, 0.2) is 0 Å². The van der Waals surface area contributed by atoms with Gasteiger partial charge in [-0.15, -0.1) is 0 Å². The monoisotopic (exact) mass is 237 g/mol. The quantitative estimate of drug-likeness (QED) is 0.856. The van der Waals surface area contributed by atoms with E-state index in [9.17, 15) is 4.21 Å². The Morgan fingerprint density at radius 3 is 3.06 bits per heavy atom. The van der Waals surface area contributed by atoms with Crippen LogP contribution < -0.4 is 5.32 Å². The molecular weight excluding hydrogens is 218 g/mol. The molecular formula is C13H19NOS. The first-order valence-corrected chi connectivity index (χ1v) is 7.27. The number of fused-ring (bicyclic) bond motifs is 1. The predicted octanol–water partition coefficient (Wildman–Crippen LogP) is 2.55. The van der Waals surface area contributed by atoms with Crippen LogP contribution in [-0.4, -0.2) is 16.5 Å². The maximum absolute atomic E-state index is 12.2. The lowest BCUT2D eigenvalue weighted by Gasteiger charge is -2.18. The second kappa shape index (κ2) is 5.11. The molecule has 2 nitrogen and oxygen atoms in total. The van der Waals surface area contributed by atoms with E-state index >= 15 is 0 Å². The molecule has 0 saturated heterocycles. The summed E-state index contributed by atoms with van der Waals surface area (Å²) in [6.45, 7) is 5.15. The van der Waals surface area contributed by atoms with E-state index in [0.717, 1.165) is 30.0 Å². The Labute approximate surface area is 99.9 Å². The van der Waals surface area contributed by atoms with Crippen molar-refractivity contribution in [2.24, 2.45) is 0 Å². The summed E-state index contributed by atoms with van der Waals surface area (Å²) in [6.07, 6.45) is 2.13. The van der Waals surface area contributed by atoms with Crippen LogP contribution in [0.4, 0.5) is 0 Å². The summed E-state index contributed by atoms with van der Waals surface area (Å²) in [6, 6.07) is 6.64. The molecule has 1 N–H and O–H groups in total. The molecule has 2 rings (SSSR count). The van der Waals surface area contributed by atoms with Crippen LogP contribution in [0.5, 0.6) is 0 Å². The molecule has 0 bridgehead atoms. The van der Waals surface area contributed by atoms with Crippen molar-refractivity contribution in [2.75, 3.05) is 12.3 Å². The van der Waals surface area contributed by atoms with Gasteiger partial charge in [0, 0.05) is 16.7 Å². The molecule has 2 unspecified atom stereocenters. The summed E-state index contributed by atoms with van der Waals surface area (Å²) in [5.74, 6) is 0.805. The van der Waals surface area contributed by atoms with Crippen molar-refractivity contribution in [3.63, 3.8) is 0 Å². The van der Waals surface area contributed by atoms with E-state index in [1.807, 2.05) is 0 Å². The minimum absolute atomic E-state index is 0.381.